The molecule has 1 aromatic carbocycles. The number of ether oxygens (including phenoxy) is 2. The van der Waals surface area contributed by atoms with Crippen LogP contribution in [0.2, 0.25) is 0 Å². The lowest BCUT2D eigenvalue weighted by Crippen LogP contribution is -2.42. The van der Waals surface area contributed by atoms with Gasteiger partial charge in [-0.25, -0.2) is 0 Å². The first-order valence-corrected chi connectivity index (χ1v) is 8.11. The van der Waals surface area contributed by atoms with Crippen molar-refractivity contribution < 1.29 is 24.2 Å². The Morgan fingerprint density at radius 2 is 1.71 bits per heavy atom. The van der Waals surface area contributed by atoms with Crippen molar-refractivity contribution in [2.24, 2.45) is 0 Å². The van der Waals surface area contributed by atoms with E-state index in [0.717, 1.165) is 5.56 Å². The molecule has 1 N–H and O–H groups in total. The molecule has 6 heteroatoms. The number of carbonyl (C=O) groups excluding carboxylic acids is 1. The molecule has 1 aromatic rings. The number of nitrogens with zero attached hydrogens (tertiary/aromatic N) is 1. The van der Waals surface area contributed by atoms with Gasteiger partial charge in [-0.2, -0.15) is 0 Å². The van der Waals surface area contributed by atoms with Gasteiger partial charge in [0, 0.05) is 13.6 Å². The molecule has 0 aliphatic carbocycles. The Bertz CT molecular complexity index is 583. The summed E-state index contributed by atoms with van der Waals surface area (Å²) >= 11 is 0. The Balaban J connectivity index is 3.05. The maximum absolute atomic E-state index is 12.7. The Hall–Kier alpha value is -2.24. The fourth-order valence-corrected chi connectivity index (χ4v) is 2.41. The third-order valence-corrected chi connectivity index (χ3v) is 3.81. The number of benzene rings is 1. The van der Waals surface area contributed by atoms with Crippen LogP contribution in [0.4, 0.5) is 0 Å². The fraction of sp³-hybridized carbons (Fsp3) is 0.556. The predicted octanol–water partition coefficient (Wildman–Crippen LogP) is 2.69. The lowest BCUT2D eigenvalue weighted by atomic mass is 9.83. The van der Waals surface area contributed by atoms with E-state index in [1.54, 1.807) is 13.1 Å². The normalized spacial score (nSPS) is 11.0. The van der Waals surface area contributed by atoms with Crippen molar-refractivity contribution in [3.63, 3.8) is 0 Å². The first-order chi connectivity index (χ1) is 11.2. The van der Waals surface area contributed by atoms with Crippen molar-refractivity contribution in [1.29, 1.82) is 0 Å². The van der Waals surface area contributed by atoms with Crippen molar-refractivity contribution in [2.45, 2.75) is 39.5 Å². The summed E-state index contributed by atoms with van der Waals surface area (Å²) < 4.78 is 11.2. The van der Waals surface area contributed by atoms with E-state index in [9.17, 15) is 9.59 Å². The Kier molecular flexibility index (Phi) is 7.07. The van der Waals surface area contributed by atoms with E-state index in [4.69, 9.17) is 14.6 Å². The molecular weight excluding hydrogens is 310 g/mol. The molecule has 1 amide bonds. The van der Waals surface area contributed by atoms with Crippen LogP contribution in [-0.2, 0) is 15.0 Å². The quantitative estimate of drug-likeness (QED) is 0.750. The molecule has 1 rings (SSSR count). The second kappa shape index (κ2) is 8.57. The molecule has 0 atom stereocenters. The first kappa shape index (κ1) is 19.8. The zero-order valence-electron chi connectivity index (χ0n) is 15.1. The van der Waals surface area contributed by atoms with Gasteiger partial charge < -0.3 is 19.5 Å². The molecule has 6 nitrogen and oxygen atoms in total. The Morgan fingerprint density at radius 1 is 1.12 bits per heavy atom. The van der Waals surface area contributed by atoms with Crippen LogP contribution in [-0.4, -0.2) is 48.7 Å². The lowest BCUT2D eigenvalue weighted by Gasteiger charge is -2.30. The molecule has 0 spiro atoms. The van der Waals surface area contributed by atoms with Gasteiger partial charge in [0.05, 0.1) is 25.0 Å². The van der Waals surface area contributed by atoms with Crippen molar-refractivity contribution in [1.82, 2.24) is 4.90 Å². The van der Waals surface area contributed by atoms with Gasteiger partial charge in [-0.15, -0.1) is 0 Å². The first-order valence-electron chi connectivity index (χ1n) is 8.11. The number of carboxylic acid groups (broad SMARTS) is 1. The highest BCUT2D eigenvalue weighted by Gasteiger charge is 2.33. The van der Waals surface area contributed by atoms with E-state index < -0.39 is 11.4 Å². The summed E-state index contributed by atoms with van der Waals surface area (Å²) in [5, 5.41) is 8.77. The third-order valence-electron chi connectivity index (χ3n) is 3.81. The van der Waals surface area contributed by atoms with Crippen LogP contribution in [0.5, 0.6) is 11.5 Å². The average molecular weight is 337 g/mol. The van der Waals surface area contributed by atoms with Gasteiger partial charge in [-0.05, 0) is 45.4 Å². The van der Waals surface area contributed by atoms with Gasteiger partial charge in [0.15, 0.2) is 11.5 Å². The summed E-state index contributed by atoms with van der Waals surface area (Å²) in [6.45, 7) is 8.62. The van der Waals surface area contributed by atoms with E-state index >= 15 is 0 Å². The van der Waals surface area contributed by atoms with E-state index in [1.165, 1.54) is 4.90 Å². The van der Waals surface area contributed by atoms with Crippen molar-refractivity contribution >= 4 is 11.9 Å². The highest BCUT2D eigenvalue weighted by Crippen LogP contribution is 2.34. The second-order valence-corrected chi connectivity index (χ2v) is 6.02. The number of aliphatic carboxylic acids is 1. The Labute approximate surface area is 143 Å². The zero-order chi connectivity index (χ0) is 18.3. The van der Waals surface area contributed by atoms with Crippen LogP contribution < -0.4 is 9.47 Å². The topological polar surface area (TPSA) is 76.1 Å². The summed E-state index contributed by atoms with van der Waals surface area (Å²) in [7, 11) is 1.62. The molecule has 0 aromatic heterocycles. The largest absolute Gasteiger partial charge is 0.490 e. The number of rotatable bonds is 9. The number of carboxylic acids is 1. The van der Waals surface area contributed by atoms with Crippen molar-refractivity contribution in [3.05, 3.63) is 23.8 Å². The summed E-state index contributed by atoms with van der Waals surface area (Å²) in [5.41, 5.74) is -0.00861. The van der Waals surface area contributed by atoms with Crippen molar-refractivity contribution in [2.75, 3.05) is 26.8 Å². The van der Waals surface area contributed by atoms with Gasteiger partial charge >= 0.3 is 5.97 Å². The minimum absolute atomic E-state index is 0.0776. The molecule has 0 saturated heterocycles. The number of hydrogen-bond acceptors (Lipinski definition) is 4. The minimum atomic E-state index is -0.924. The second-order valence-electron chi connectivity index (χ2n) is 6.02. The smallest absolute Gasteiger partial charge is 0.305 e. The number of amides is 1. The summed E-state index contributed by atoms with van der Waals surface area (Å²) in [6, 6.07) is 5.46. The molecule has 0 aliphatic rings. The van der Waals surface area contributed by atoms with Crippen molar-refractivity contribution in [3.8, 4) is 11.5 Å². The maximum Gasteiger partial charge on any atom is 0.305 e. The van der Waals surface area contributed by atoms with Gasteiger partial charge in [0.25, 0.3) is 0 Å². The molecule has 0 bridgehead atoms. The SMILES string of the molecule is CCOc1ccc(C(C)(C)C(=O)N(C)CCC(=O)O)cc1OCC. The lowest BCUT2D eigenvalue weighted by molar-refractivity contribution is -0.139. The third kappa shape index (κ3) is 4.88. The fourth-order valence-electron chi connectivity index (χ4n) is 2.41. The molecule has 24 heavy (non-hydrogen) atoms. The van der Waals surface area contributed by atoms with E-state index in [-0.39, 0.29) is 18.9 Å². The molecule has 134 valence electrons. The highest BCUT2D eigenvalue weighted by atomic mass is 16.5. The van der Waals surface area contributed by atoms with Gasteiger partial charge in [-0.3, -0.25) is 9.59 Å². The molecule has 0 heterocycles. The number of likely N-dealkylation sites (N-methyl/N-ethyl adjacent to an activating group) is 1. The van der Waals surface area contributed by atoms with Gasteiger partial charge in [0.2, 0.25) is 5.91 Å². The molecule has 0 aliphatic heterocycles. The standard InChI is InChI=1S/C18H27NO5/c1-6-23-14-9-8-13(12-15(14)24-7-2)18(3,4)17(22)19(5)11-10-16(20)21/h8-9,12H,6-7,10-11H2,1-5H3,(H,20,21). The molecule has 0 fully saturated rings. The summed E-state index contributed by atoms with van der Waals surface area (Å²) in [4.78, 5) is 24.9. The van der Waals surface area contributed by atoms with Crippen LogP contribution in [0, 0.1) is 0 Å². The van der Waals surface area contributed by atoms with Crippen LogP contribution in [0.1, 0.15) is 39.7 Å². The zero-order valence-corrected chi connectivity index (χ0v) is 15.1. The van der Waals surface area contributed by atoms with Crippen LogP contribution in [0.15, 0.2) is 18.2 Å². The molecule has 0 unspecified atom stereocenters. The molecule has 0 saturated carbocycles. The van der Waals surface area contributed by atoms with E-state index in [0.29, 0.717) is 24.7 Å². The van der Waals surface area contributed by atoms with E-state index in [2.05, 4.69) is 0 Å². The van der Waals surface area contributed by atoms with Crippen LogP contribution in [0.3, 0.4) is 0 Å². The monoisotopic (exact) mass is 337 g/mol. The number of hydrogen-bond donors (Lipinski definition) is 1. The van der Waals surface area contributed by atoms with Crippen LogP contribution in [0.25, 0.3) is 0 Å². The average Bonchev–Trinajstić information content (AvgIpc) is 2.53. The highest BCUT2D eigenvalue weighted by molar-refractivity contribution is 5.87. The minimum Gasteiger partial charge on any atom is -0.490 e. The Morgan fingerprint density at radius 3 is 2.25 bits per heavy atom. The maximum atomic E-state index is 12.7. The van der Waals surface area contributed by atoms with E-state index in [1.807, 2.05) is 39.8 Å². The number of carbonyl (C=O) groups is 2. The van der Waals surface area contributed by atoms with Gasteiger partial charge in [-0.1, -0.05) is 6.07 Å². The summed E-state index contributed by atoms with van der Waals surface area (Å²) in [5.74, 6) is 0.180. The predicted molar refractivity (Wildman–Crippen MR) is 91.7 cm³/mol. The van der Waals surface area contributed by atoms with Gasteiger partial charge in [0.1, 0.15) is 0 Å². The molecule has 0 radical (unpaired) electrons. The van der Waals surface area contributed by atoms with Crippen LogP contribution >= 0.6 is 0 Å². The summed E-state index contributed by atoms with van der Waals surface area (Å²) in [6.07, 6.45) is -0.0776. The molecular formula is C18H27NO5.